The van der Waals surface area contributed by atoms with E-state index < -0.39 is 0 Å². The molecular weight excluding hydrogens is 238 g/mol. The first-order valence-electron chi connectivity index (χ1n) is 5.75. The van der Waals surface area contributed by atoms with E-state index in [-0.39, 0.29) is 11.5 Å². The molecule has 1 aromatic carbocycles. The van der Waals surface area contributed by atoms with Crippen molar-refractivity contribution in [2.24, 2.45) is 5.73 Å². The van der Waals surface area contributed by atoms with Crippen LogP contribution in [0.1, 0.15) is 18.9 Å². The van der Waals surface area contributed by atoms with E-state index >= 15 is 0 Å². The van der Waals surface area contributed by atoms with Crippen molar-refractivity contribution in [2.45, 2.75) is 24.8 Å². The van der Waals surface area contributed by atoms with Crippen LogP contribution in [0.3, 0.4) is 0 Å². The van der Waals surface area contributed by atoms with Gasteiger partial charge in [-0.1, -0.05) is 11.6 Å². The van der Waals surface area contributed by atoms with Gasteiger partial charge < -0.3 is 15.2 Å². The smallest absolute Gasteiger partial charge is 0.122 e. The number of rotatable bonds is 4. The molecule has 0 bridgehead atoms. The van der Waals surface area contributed by atoms with Gasteiger partial charge in [-0.15, -0.1) is 0 Å². The van der Waals surface area contributed by atoms with Crippen molar-refractivity contribution in [3.8, 4) is 5.75 Å². The van der Waals surface area contributed by atoms with Crippen LogP contribution in [0.25, 0.3) is 0 Å². The van der Waals surface area contributed by atoms with Crippen LogP contribution in [0.2, 0.25) is 5.02 Å². The summed E-state index contributed by atoms with van der Waals surface area (Å²) in [6.45, 7) is 3.38. The molecule has 0 spiro atoms. The molecule has 94 valence electrons. The molecule has 1 aliphatic heterocycles. The number of halogens is 1. The molecule has 2 rings (SSSR count). The summed E-state index contributed by atoms with van der Waals surface area (Å²) in [4.78, 5) is 0. The minimum atomic E-state index is -0.0373. The van der Waals surface area contributed by atoms with Crippen molar-refractivity contribution >= 4 is 11.6 Å². The third-order valence-electron chi connectivity index (χ3n) is 3.20. The zero-order chi connectivity index (χ0) is 12.5. The molecule has 0 aromatic heterocycles. The summed E-state index contributed by atoms with van der Waals surface area (Å²) in [5.74, 6) is 0.860. The maximum Gasteiger partial charge on any atom is 0.122 e. The molecule has 17 heavy (non-hydrogen) atoms. The van der Waals surface area contributed by atoms with E-state index in [4.69, 9.17) is 26.8 Å². The topological polar surface area (TPSA) is 44.5 Å². The van der Waals surface area contributed by atoms with Gasteiger partial charge in [0.05, 0.1) is 20.3 Å². The van der Waals surface area contributed by atoms with Crippen LogP contribution in [0.4, 0.5) is 0 Å². The first kappa shape index (κ1) is 12.7. The first-order valence-corrected chi connectivity index (χ1v) is 6.12. The van der Waals surface area contributed by atoms with Gasteiger partial charge in [0.15, 0.2) is 0 Å². The quantitative estimate of drug-likeness (QED) is 0.898. The van der Waals surface area contributed by atoms with Crippen molar-refractivity contribution in [2.75, 3.05) is 20.3 Å². The highest BCUT2D eigenvalue weighted by Crippen LogP contribution is 2.42. The van der Waals surface area contributed by atoms with E-state index in [9.17, 15) is 0 Å². The van der Waals surface area contributed by atoms with Crippen molar-refractivity contribution in [3.63, 3.8) is 0 Å². The van der Waals surface area contributed by atoms with Crippen LogP contribution in [0, 0.1) is 0 Å². The second-order valence-corrected chi connectivity index (χ2v) is 5.24. The molecule has 2 N–H and O–H groups in total. The van der Waals surface area contributed by atoms with Gasteiger partial charge in [-0.05, 0) is 31.5 Å². The molecule has 3 nitrogen and oxygen atoms in total. The zero-order valence-corrected chi connectivity index (χ0v) is 11.0. The van der Waals surface area contributed by atoms with E-state index in [2.05, 4.69) is 0 Å². The molecule has 1 fully saturated rings. The number of methoxy groups -OCH3 is 1. The molecule has 0 saturated carbocycles. The highest BCUT2D eigenvalue weighted by atomic mass is 35.5. The summed E-state index contributed by atoms with van der Waals surface area (Å²) in [5.41, 5.74) is 7.00. The minimum Gasteiger partial charge on any atom is -0.496 e. The lowest BCUT2D eigenvalue weighted by Crippen LogP contribution is -2.50. The second kappa shape index (κ2) is 4.84. The molecule has 0 aliphatic carbocycles. The monoisotopic (exact) mass is 255 g/mol. The Morgan fingerprint density at radius 1 is 1.53 bits per heavy atom. The predicted octanol–water partition coefficient (Wildman–Crippen LogP) is 2.35. The van der Waals surface area contributed by atoms with Gasteiger partial charge in [0.25, 0.3) is 0 Å². The van der Waals surface area contributed by atoms with Crippen molar-refractivity contribution < 1.29 is 9.47 Å². The summed E-state index contributed by atoms with van der Waals surface area (Å²) in [6.07, 6.45) is 0.879. The van der Waals surface area contributed by atoms with Crippen LogP contribution in [-0.2, 0) is 10.2 Å². The predicted molar refractivity (Wildman–Crippen MR) is 68.8 cm³/mol. The second-order valence-electron chi connectivity index (χ2n) is 4.80. The van der Waals surface area contributed by atoms with Gasteiger partial charge in [0.1, 0.15) is 5.75 Å². The van der Waals surface area contributed by atoms with Gasteiger partial charge in [0.2, 0.25) is 0 Å². The van der Waals surface area contributed by atoms with E-state index in [0.29, 0.717) is 13.2 Å². The average Bonchev–Trinajstić information content (AvgIpc) is 2.23. The lowest BCUT2D eigenvalue weighted by molar-refractivity contribution is -0.0674. The maximum atomic E-state index is 6.07. The van der Waals surface area contributed by atoms with Crippen molar-refractivity contribution in [3.05, 3.63) is 28.8 Å². The Kier molecular flexibility index (Phi) is 3.61. The molecular formula is C13H18ClNO2. The lowest BCUT2D eigenvalue weighted by atomic mass is 9.73. The van der Waals surface area contributed by atoms with Gasteiger partial charge in [-0.25, -0.2) is 0 Å². The van der Waals surface area contributed by atoms with Gasteiger partial charge >= 0.3 is 0 Å². The molecule has 1 heterocycles. The molecule has 1 aromatic rings. The zero-order valence-electron chi connectivity index (χ0n) is 10.2. The summed E-state index contributed by atoms with van der Waals surface area (Å²) in [7, 11) is 1.67. The highest BCUT2D eigenvalue weighted by Gasteiger charge is 2.42. The number of benzene rings is 1. The fraction of sp³-hybridized carbons (Fsp3) is 0.538. The average molecular weight is 256 g/mol. The molecule has 4 heteroatoms. The van der Waals surface area contributed by atoms with E-state index in [1.54, 1.807) is 7.11 Å². The van der Waals surface area contributed by atoms with Gasteiger partial charge in [-0.3, -0.25) is 0 Å². The Labute approximate surface area is 107 Å². The van der Waals surface area contributed by atoms with Crippen molar-refractivity contribution in [1.82, 2.24) is 0 Å². The fourth-order valence-corrected chi connectivity index (χ4v) is 2.61. The van der Waals surface area contributed by atoms with E-state index in [0.717, 1.165) is 22.8 Å². The van der Waals surface area contributed by atoms with Crippen molar-refractivity contribution in [1.29, 1.82) is 0 Å². The Bertz CT molecular complexity index is 402. The number of nitrogens with two attached hydrogens (primary N) is 1. The summed E-state index contributed by atoms with van der Waals surface area (Å²) >= 11 is 6.07. The number of hydrogen-bond acceptors (Lipinski definition) is 3. The molecule has 1 aliphatic rings. The lowest BCUT2D eigenvalue weighted by Gasteiger charge is -2.43. The molecule has 0 amide bonds. The summed E-state index contributed by atoms with van der Waals surface area (Å²) in [6, 6.07) is 5.83. The highest BCUT2D eigenvalue weighted by molar-refractivity contribution is 6.30. The first-order chi connectivity index (χ1) is 8.07. The van der Waals surface area contributed by atoms with Gasteiger partial charge in [-0.2, -0.15) is 0 Å². The van der Waals surface area contributed by atoms with Crippen LogP contribution in [0.5, 0.6) is 5.75 Å². The largest absolute Gasteiger partial charge is 0.496 e. The Hall–Kier alpha value is -0.770. The third kappa shape index (κ3) is 2.41. The fourth-order valence-electron chi connectivity index (χ4n) is 2.44. The molecule has 1 atom stereocenters. The summed E-state index contributed by atoms with van der Waals surface area (Å²) in [5, 5.41) is 0.719. The molecule has 1 saturated heterocycles. The van der Waals surface area contributed by atoms with Crippen LogP contribution >= 0.6 is 11.6 Å². The summed E-state index contributed by atoms with van der Waals surface area (Å²) < 4.78 is 10.8. The Balaban J connectivity index is 2.39. The third-order valence-corrected chi connectivity index (χ3v) is 3.44. The van der Waals surface area contributed by atoms with E-state index in [1.165, 1.54) is 0 Å². The van der Waals surface area contributed by atoms with Gasteiger partial charge in [0, 0.05) is 22.0 Å². The minimum absolute atomic E-state index is 0.0373. The SMILES string of the molecule is COc1ccc(Cl)cc1C1(CC(C)N)COC1. The van der Waals surface area contributed by atoms with E-state index in [1.807, 2.05) is 25.1 Å². The molecule has 0 radical (unpaired) electrons. The van der Waals surface area contributed by atoms with Crippen LogP contribution in [0.15, 0.2) is 18.2 Å². The normalized spacial score (nSPS) is 19.5. The number of ether oxygens (including phenoxy) is 2. The maximum absolute atomic E-state index is 6.07. The van der Waals surface area contributed by atoms with Crippen LogP contribution in [-0.4, -0.2) is 26.4 Å². The van der Waals surface area contributed by atoms with Crippen LogP contribution < -0.4 is 10.5 Å². The standard InChI is InChI=1S/C13H18ClNO2/c1-9(15)6-13(7-17-8-13)11-5-10(14)3-4-12(11)16-2/h3-5,9H,6-8,15H2,1-2H3. The Morgan fingerprint density at radius 2 is 2.24 bits per heavy atom. The molecule has 1 unspecified atom stereocenters. The number of hydrogen-bond donors (Lipinski definition) is 1. The Morgan fingerprint density at radius 3 is 2.71 bits per heavy atom.